The van der Waals surface area contributed by atoms with Crippen LogP contribution in [0.4, 0.5) is 34.1 Å². The van der Waals surface area contributed by atoms with E-state index in [-0.39, 0.29) is 17.5 Å². The summed E-state index contributed by atoms with van der Waals surface area (Å²) in [5, 5.41) is 0. The maximum absolute atomic E-state index is 2.50. The highest BCUT2D eigenvalue weighted by Crippen LogP contribution is 2.44. The summed E-state index contributed by atoms with van der Waals surface area (Å²) in [7, 11) is 0. The number of benzene rings is 5. The average molecular weight is 561 g/mol. The van der Waals surface area contributed by atoms with Crippen molar-refractivity contribution in [1.82, 2.24) is 0 Å². The molecular formula is C40H41BN2. The standard InChI is InChI=1S/C40H41BN2/c1-26-12-18-30(19-13-26)42-34-22-16-28(39(3,4)5)24-32(34)41-33-25-29(40(6,7)8)17-23-35(33)43(31-20-14-27(2)15-21-31)37-11-9-10-36(42)38(37)41/h9-25H,1-8H3. The van der Waals surface area contributed by atoms with Crippen LogP contribution in [0.1, 0.15) is 63.8 Å². The molecule has 2 heterocycles. The molecule has 3 heteroatoms. The lowest BCUT2D eigenvalue weighted by Gasteiger charge is -2.44. The molecule has 0 N–H and O–H groups in total. The molecule has 5 aromatic rings. The van der Waals surface area contributed by atoms with Crippen molar-refractivity contribution in [2.24, 2.45) is 0 Å². The lowest BCUT2D eigenvalue weighted by Crippen LogP contribution is -2.61. The zero-order valence-electron chi connectivity index (χ0n) is 26.8. The first-order chi connectivity index (χ1) is 20.4. The van der Waals surface area contributed by atoms with E-state index >= 15 is 0 Å². The number of fused-ring (bicyclic) bond motifs is 4. The third-order valence-electron chi connectivity index (χ3n) is 9.31. The van der Waals surface area contributed by atoms with Gasteiger partial charge in [-0.25, -0.2) is 0 Å². The van der Waals surface area contributed by atoms with E-state index in [1.807, 2.05) is 0 Å². The van der Waals surface area contributed by atoms with Crippen molar-refractivity contribution < 1.29 is 0 Å². The van der Waals surface area contributed by atoms with Gasteiger partial charge in [0.05, 0.1) is 0 Å². The van der Waals surface area contributed by atoms with E-state index < -0.39 is 0 Å². The number of rotatable bonds is 2. The van der Waals surface area contributed by atoms with E-state index in [4.69, 9.17) is 0 Å². The molecule has 5 aromatic carbocycles. The van der Waals surface area contributed by atoms with Crippen LogP contribution in [-0.4, -0.2) is 6.71 Å². The Labute approximate surface area is 258 Å². The highest BCUT2D eigenvalue weighted by Gasteiger charge is 2.43. The van der Waals surface area contributed by atoms with Gasteiger partial charge < -0.3 is 9.80 Å². The molecule has 214 valence electrons. The second kappa shape index (κ2) is 9.64. The van der Waals surface area contributed by atoms with E-state index in [9.17, 15) is 0 Å². The lowest BCUT2D eigenvalue weighted by molar-refractivity contribution is 0.590. The van der Waals surface area contributed by atoms with Gasteiger partial charge in [-0.3, -0.25) is 0 Å². The molecule has 0 fully saturated rings. The van der Waals surface area contributed by atoms with Gasteiger partial charge in [0.15, 0.2) is 0 Å². The molecule has 0 amide bonds. The van der Waals surface area contributed by atoms with Crippen LogP contribution >= 0.6 is 0 Å². The second-order valence-electron chi connectivity index (χ2n) is 14.5. The van der Waals surface area contributed by atoms with Crippen LogP contribution in [0.25, 0.3) is 0 Å². The minimum Gasteiger partial charge on any atom is -0.311 e. The largest absolute Gasteiger partial charge is 0.311 e. The fourth-order valence-electron chi connectivity index (χ4n) is 6.82. The fraction of sp³-hybridized carbons (Fsp3) is 0.250. The van der Waals surface area contributed by atoms with E-state index in [1.54, 1.807) is 0 Å². The molecule has 0 radical (unpaired) electrons. The lowest BCUT2D eigenvalue weighted by atomic mass is 9.33. The molecule has 0 saturated carbocycles. The Morgan fingerprint density at radius 3 is 1.23 bits per heavy atom. The van der Waals surface area contributed by atoms with Crippen molar-refractivity contribution in [2.45, 2.75) is 66.2 Å². The molecule has 0 spiro atoms. The first-order valence-electron chi connectivity index (χ1n) is 15.6. The fourth-order valence-corrected chi connectivity index (χ4v) is 6.82. The summed E-state index contributed by atoms with van der Waals surface area (Å²) in [5.74, 6) is 0. The van der Waals surface area contributed by atoms with Crippen LogP contribution in [-0.2, 0) is 10.8 Å². The first kappa shape index (κ1) is 27.6. The molecule has 2 aliphatic heterocycles. The maximum atomic E-state index is 2.50. The van der Waals surface area contributed by atoms with Crippen LogP contribution in [0.3, 0.4) is 0 Å². The van der Waals surface area contributed by atoms with Gasteiger partial charge in [-0.05, 0) is 101 Å². The summed E-state index contributed by atoms with van der Waals surface area (Å²) in [6, 6.07) is 39.2. The van der Waals surface area contributed by atoms with E-state index in [2.05, 4.69) is 168 Å². The topological polar surface area (TPSA) is 6.48 Å². The minimum atomic E-state index is 0.0439. The van der Waals surface area contributed by atoms with Gasteiger partial charge in [-0.15, -0.1) is 0 Å². The average Bonchev–Trinajstić information content (AvgIpc) is 2.97. The van der Waals surface area contributed by atoms with Crippen molar-refractivity contribution in [3.63, 3.8) is 0 Å². The Balaban J connectivity index is 1.59. The Morgan fingerprint density at radius 2 is 0.860 bits per heavy atom. The van der Waals surface area contributed by atoms with Gasteiger partial charge in [0.2, 0.25) is 0 Å². The highest BCUT2D eigenvalue weighted by molar-refractivity contribution is 7.00. The predicted molar refractivity (Wildman–Crippen MR) is 187 cm³/mol. The summed E-state index contributed by atoms with van der Waals surface area (Å²) in [6.45, 7) is 18.4. The second-order valence-corrected chi connectivity index (χ2v) is 14.5. The van der Waals surface area contributed by atoms with Crippen molar-refractivity contribution >= 4 is 57.2 Å². The van der Waals surface area contributed by atoms with Crippen LogP contribution in [0, 0.1) is 13.8 Å². The summed E-state index contributed by atoms with van der Waals surface area (Å²) >= 11 is 0. The molecule has 0 atom stereocenters. The highest BCUT2D eigenvalue weighted by atomic mass is 15.2. The summed E-state index contributed by atoms with van der Waals surface area (Å²) in [5.41, 5.74) is 16.9. The van der Waals surface area contributed by atoms with E-state index in [0.717, 1.165) is 0 Å². The quantitative estimate of drug-likeness (QED) is 0.195. The van der Waals surface area contributed by atoms with Gasteiger partial charge in [0, 0.05) is 34.1 Å². The number of hydrogen-bond acceptors (Lipinski definition) is 2. The number of anilines is 6. The molecule has 7 rings (SSSR count). The number of hydrogen-bond donors (Lipinski definition) is 0. The number of aryl methyl sites for hydroxylation is 2. The molecule has 2 nitrogen and oxygen atoms in total. The molecule has 0 aromatic heterocycles. The minimum absolute atomic E-state index is 0.0439. The van der Waals surface area contributed by atoms with Crippen molar-refractivity contribution in [3.05, 3.63) is 125 Å². The van der Waals surface area contributed by atoms with E-state index in [0.29, 0.717) is 0 Å². The van der Waals surface area contributed by atoms with Crippen molar-refractivity contribution in [3.8, 4) is 0 Å². The van der Waals surface area contributed by atoms with Crippen molar-refractivity contribution in [1.29, 1.82) is 0 Å². The molecule has 2 aliphatic rings. The summed E-state index contributed by atoms with van der Waals surface area (Å²) in [6.07, 6.45) is 0. The van der Waals surface area contributed by atoms with E-state index in [1.165, 1.54) is 72.8 Å². The SMILES string of the molecule is Cc1ccc(N2c3ccc(C(C)(C)C)cc3B3c4cc(C(C)(C)C)ccc4N(c4ccc(C)cc4)c4cccc2c43)cc1. The summed E-state index contributed by atoms with van der Waals surface area (Å²) < 4.78 is 0. The summed E-state index contributed by atoms with van der Waals surface area (Å²) in [4.78, 5) is 4.98. The smallest absolute Gasteiger partial charge is 0.252 e. The zero-order chi connectivity index (χ0) is 30.3. The van der Waals surface area contributed by atoms with Crippen molar-refractivity contribution in [2.75, 3.05) is 9.80 Å². The Morgan fingerprint density at radius 1 is 0.465 bits per heavy atom. The Bertz CT molecular complexity index is 1720. The van der Waals surface area contributed by atoms with Gasteiger partial charge in [0.25, 0.3) is 6.71 Å². The third kappa shape index (κ3) is 4.49. The van der Waals surface area contributed by atoms with Gasteiger partial charge in [0.1, 0.15) is 0 Å². The van der Waals surface area contributed by atoms with Gasteiger partial charge >= 0.3 is 0 Å². The third-order valence-corrected chi connectivity index (χ3v) is 9.31. The molecule has 43 heavy (non-hydrogen) atoms. The normalized spacial score (nSPS) is 13.9. The van der Waals surface area contributed by atoms with Crippen LogP contribution in [0.5, 0.6) is 0 Å². The Kier molecular flexibility index (Phi) is 6.19. The maximum Gasteiger partial charge on any atom is 0.252 e. The van der Waals surface area contributed by atoms with Crippen LogP contribution in [0.15, 0.2) is 103 Å². The molecule has 0 bridgehead atoms. The zero-order valence-corrected chi connectivity index (χ0v) is 26.8. The van der Waals surface area contributed by atoms with Gasteiger partial charge in [-0.1, -0.05) is 107 Å². The molecule has 0 saturated heterocycles. The monoisotopic (exact) mass is 560 g/mol. The van der Waals surface area contributed by atoms with Gasteiger partial charge in [-0.2, -0.15) is 0 Å². The Hall–Kier alpha value is -4.24. The predicted octanol–water partition coefficient (Wildman–Crippen LogP) is 8.98. The molecule has 0 unspecified atom stereocenters. The van der Waals surface area contributed by atoms with Crippen LogP contribution in [0.2, 0.25) is 0 Å². The van der Waals surface area contributed by atoms with Crippen LogP contribution < -0.4 is 26.2 Å². The molecular weight excluding hydrogens is 519 g/mol. The first-order valence-corrected chi connectivity index (χ1v) is 15.6. The molecule has 0 aliphatic carbocycles. The number of nitrogens with zero attached hydrogens (tertiary/aromatic N) is 2.